The van der Waals surface area contributed by atoms with E-state index < -0.39 is 0 Å². The molecule has 0 saturated carbocycles. The molecule has 0 bridgehead atoms. The molecule has 0 unspecified atom stereocenters. The number of aromatic amines is 1. The summed E-state index contributed by atoms with van der Waals surface area (Å²) in [5.41, 5.74) is 3.28. The van der Waals surface area contributed by atoms with E-state index in [0.717, 1.165) is 33.1 Å². The Kier molecular flexibility index (Phi) is 3.25. The Labute approximate surface area is 127 Å². The molecule has 92 valence electrons. The lowest BCUT2D eigenvalue weighted by Crippen LogP contribution is -1.99. The second kappa shape index (κ2) is 4.75. The van der Waals surface area contributed by atoms with Crippen molar-refractivity contribution in [3.05, 3.63) is 42.6 Å². The molecule has 6 heteroatoms. The number of H-pyrrole nitrogens is 1. The van der Waals surface area contributed by atoms with Crippen molar-refractivity contribution in [2.24, 2.45) is 0 Å². The van der Waals surface area contributed by atoms with E-state index in [4.69, 9.17) is 12.2 Å². The third-order valence-electron chi connectivity index (χ3n) is 2.70. The summed E-state index contributed by atoms with van der Waals surface area (Å²) in [5.74, 6) is 0. The number of nitrogens with zero attached hydrogens (tertiary/aromatic N) is 2. The number of halogens is 1. The van der Waals surface area contributed by atoms with E-state index >= 15 is 0 Å². The van der Waals surface area contributed by atoms with Gasteiger partial charge in [0.25, 0.3) is 0 Å². The number of rotatable bonds is 2. The molecular formula is C12H10IN3S2. The van der Waals surface area contributed by atoms with Gasteiger partial charge in [0, 0.05) is 14.6 Å². The molecule has 2 aromatic heterocycles. The number of aromatic nitrogens is 3. The zero-order valence-electron chi connectivity index (χ0n) is 9.61. The molecule has 18 heavy (non-hydrogen) atoms. The Morgan fingerprint density at radius 2 is 2.33 bits per heavy atom. The molecule has 1 aromatic carbocycles. The lowest BCUT2D eigenvalue weighted by molar-refractivity contribution is 0.800. The quantitative estimate of drug-likeness (QED) is 0.530. The molecule has 0 radical (unpaired) electrons. The van der Waals surface area contributed by atoms with Gasteiger partial charge in [-0.25, -0.2) is 4.98 Å². The van der Waals surface area contributed by atoms with Gasteiger partial charge in [0.15, 0.2) is 4.77 Å². The average molecular weight is 387 g/mol. The zero-order chi connectivity index (χ0) is 12.7. The number of hydrogen-bond donors (Lipinski definition) is 1. The number of benzene rings is 1. The van der Waals surface area contributed by atoms with Crippen LogP contribution in [0.5, 0.6) is 0 Å². The zero-order valence-corrected chi connectivity index (χ0v) is 13.4. The van der Waals surface area contributed by atoms with E-state index in [2.05, 4.69) is 60.7 Å². The molecule has 0 spiro atoms. The number of thiazole rings is 1. The van der Waals surface area contributed by atoms with Crippen molar-refractivity contribution in [1.82, 2.24) is 14.5 Å². The fourth-order valence-electron chi connectivity index (χ4n) is 1.90. The highest BCUT2D eigenvalue weighted by molar-refractivity contribution is 14.1. The molecule has 0 aliphatic rings. The van der Waals surface area contributed by atoms with Gasteiger partial charge < -0.3 is 9.55 Å². The predicted molar refractivity (Wildman–Crippen MR) is 85.8 cm³/mol. The Balaban J connectivity index is 2.11. The Morgan fingerprint density at radius 1 is 1.50 bits per heavy atom. The maximum Gasteiger partial charge on any atom is 0.178 e. The van der Waals surface area contributed by atoms with Gasteiger partial charge in [-0.1, -0.05) is 0 Å². The van der Waals surface area contributed by atoms with Crippen LogP contribution in [0.3, 0.4) is 0 Å². The molecular weight excluding hydrogens is 377 g/mol. The summed E-state index contributed by atoms with van der Waals surface area (Å²) in [6.07, 6.45) is 0. The predicted octanol–water partition coefficient (Wildman–Crippen LogP) is 4.12. The third-order valence-corrected chi connectivity index (χ3v) is 4.64. The van der Waals surface area contributed by atoms with Crippen molar-refractivity contribution in [2.45, 2.75) is 13.5 Å². The monoisotopic (exact) mass is 387 g/mol. The molecule has 0 fully saturated rings. The Hall–Kier alpha value is -0.730. The summed E-state index contributed by atoms with van der Waals surface area (Å²) in [5, 5.41) is 3.15. The highest BCUT2D eigenvalue weighted by atomic mass is 127. The topological polar surface area (TPSA) is 33.6 Å². The first kappa shape index (κ1) is 12.3. The van der Waals surface area contributed by atoms with Crippen LogP contribution in [0.25, 0.3) is 11.0 Å². The SMILES string of the molecule is Cc1csc(Cn2c(=S)[nH]c3cc(I)ccc32)n1. The second-order valence-corrected chi connectivity index (χ2v) is 6.64. The normalized spacial score (nSPS) is 11.2. The van der Waals surface area contributed by atoms with E-state index in [1.165, 1.54) is 3.57 Å². The molecule has 0 aliphatic carbocycles. The summed E-state index contributed by atoms with van der Waals surface area (Å²) in [7, 11) is 0. The largest absolute Gasteiger partial charge is 0.331 e. The first-order valence-corrected chi connectivity index (χ1v) is 7.79. The lowest BCUT2D eigenvalue weighted by atomic mass is 10.3. The lowest BCUT2D eigenvalue weighted by Gasteiger charge is -2.01. The van der Waals surface area contributed by atoms with Crippen LogP contribution in [0, 0.1) is 15.3 Å². The molecule has 1 N–H and O–H groups in total. The van der Waals surface area contributed by atoms with Crippen molar-refractivity contribution in [3.63, 3.8) is 0 Å². The van der Waals surface area contributed by atoms with Crippen LogP contribution in [-0.4, -0.2) is 14.5 Å². The minimum absolute atomic E-state index is 0.734. The van der Waals surface area contributed by atoms with Crippen LogP contribution in [0.15, 0.2) is 23.6 Å². The maximum absolute atomic E-state index is 5.38. The summed E-state index contributed by atoms with van der Waals surface area (Å²) < 4.78 is 4.05. The molecule has 3 nitrogen and oxygen atoms in total. The third kappa shape index (κ3) is 2.24. The maximum atomic E-state index is 5.38. The molecule has 0 saturated heterocycles. The van der Waals surface area contributed by atoms with Crippen LogP contribution in [0.2, 0.25) is 0 Å². The first-order chi connectivity index (χ1) is 8.63. The minimum Gasteiger partial charge on any atom is -0.331 e. The number of aryl methyl sites for hydroxylation is 1. The molecule has 0 amide bonds. The average Bonchev–Trinajstić information content (AvgIpc) is 2.84. The van der Waals surface area contributed by atoms with Crippen LogP contribution < -0.4 is 0 Å². The van der Waals surface area contributed by atoms with Crippen LogP contribution >= 0.6 is 46.1 Å². The van der Waals surface area contributed by atoms with Crippen molar-refractivity contribution < 1.29 is 0 Å². The molecule has 3 aromatic rings. The van der Waals surface area contributed by atoms with Gasteiger partial charge in [-0.15, -0.1) is 11.3 Å². The number of fused-ring (bicyclic) bond motifs is 1. The molecule has 0 aliphatic heterocycles. The summed E-state index contributed by atoms with van der Waals surface area (Å²) in [4.78, 5) is 7.73. The Bertz CT molecular complexity index is 769. The summed E-state index contributed by atoms with van der Waals surface area (Å²) in [6, 6.07) is 6.30. The summed E-state index contributed by atoms with van der Waals surface area (Å²) in [6.45, 7) is 2.74. The van der Waals surface area contributed by atoms with E-state index in [9.17, 15) is 0 Å². The van der Waals surface area contributed by atoms with Gasteiger partial charge in [0.2, 0.25) is 0 Å². The van der Waals surface area contributed by atoms with Gasteiger partial charge >= 0.3 is 0 Å². The van der Waals surface area contributed by atoms with Crippen LogP contribution in [0.1, 0.15) is 10.7 Å². The first-order valence-electron chi connectivity index (χ1n) is 5.42. The fraction of sp³-hybridized carbons (Fsp3) is 0.167. The van der Waals surface area contributed by atoms with Gasteiger partial charge in [-0.05, 0) is 59.9 Å². The van der Waals surface area contributed by atoms with Gasteiger partial charge in [-0.2, -0.15) is 0 Å². The Morgan fingerprint density at radius 3 is 3.06 bits per heavy atom. The number of imidazole rings is 1. The van der Waals surface area contributed by atoms with Crippen molar-refractivity contribution in [2.75, 3.05) is 0 Å². The second-order valence-electron chi connectivity index (χ2n) is 4.06. The van der Waals surface area contributed by atoms with Gasteiger partial charge in [0.05, 0.1) is 17.6 Å². The highest BCUT2D eigenvalue weighted by Crippen LogP contribution is 2.19. The van der Waals surface area contributed by atoms with Crippen molar-refractivity contribution in [3.8, 4) is 0 Å². The van der Waals surface area contributed by atoms with Crippen molar-refractivity contribution >= 4 is 57.2 Å². The fourth-order valence-corrected chi connectivity index (χ4v) is 3.43. The number of hydrogen-bond acceptors (Lipinski definition) is 3. The standard InChI is InChI=1S/C12H10IN3S2/c1-7-6-18-11(14-7)5-16-10-3-2-8(13)4-9(10)15-12(16)17/h2-4,6H,5H2,1H3,(H,15,17). The van der Waals surface area contributed by atoms with Crippen molar-refractivity contribution in [1.29, 1.82) is 0 Å². The van der Waals surface area contributed by atoms with Crippen LogP contribution in [0.4, 0.5) is 0 Å². The smallest absolute Gasteiger partial charge is 0.178 e. The summed E-state index contributed by atoms with van der Waals surface area (Å²) >= 11 is 9.36. The number of nitrogens with one attached hydrogen (secondary N) is 1. The molecule has 0 atom stereocenters. The minimum atomic E-state index is 0.734. The van der Waals surface area contributed by atoms with E-state index in [-0.39, 0.29) is 0 Å². The highest BCUT2D eigenvalue weighted by Gasteiger charge is 2.07. The molecule has 2 heterocycles. The van der Waals surface area contributed by atoms with Gasteiger partial charge in [-0.3, -0.25) is 0 Å². The molecule has 3 rings (SSSR count). The van der Waals surface area contributed by atoms with E-state index in [1.807, 2.05) is 6.92 Å². The van der Waals surface area contributed by atoms with Crippen LogP contribution in [-0.2, 0) is 6.54 Å². The van der Waals surface area contributed by atoms with Gasteiger partial charge in [0.1, 0.15) is 5.01 Å². The van der Waals surface area contributed by atoms with E-state index in [1.54, 1.807) is 11.3 Å². The van der Waals surface area contributed by atoms with E-state index in [0.29, 0.717) is 0 Å².